The molecule has 0 fully saturated rings. The summed E-state index contributed by atoms with van der Waals surface area (Å²) in [5.41, 5.74) is 3.93. The van der Waals surface area contributed by atoms with E-state index in [1.807, 2.05) is 18.0 Å². The van der Waals surface area contributed by atoms with Crippen LogP contribution in [0, 0.1) is 12.7 Å². The third-order valence-corrected chi connectivity index (χ3v) is 9.72. The zero-order valence-corrected chi connectivity index (χ0v) is 27.5. The van der Waals surface area contributed by atoms with Crippen LogP contribution in [0.4, 0.5) is 34.8 Å². The summed E-state index contributed by atoms with van der Waals surface area (Å²) in [6.45, 7) is 2.21. The summed E-state index contributed by atoms with van der Waals surface area (Å²) in [6, 6.07) is 17.5. The first-order valence-electron chi connectivity index (χ1n) is 16.1. The molecule has 1 atom stereocenters. The van der Waals surface area contributed by atoms with Gasteiger partial charge in [-0.3, -0.25) is 14.5 Å². The predicted molar refractivity (Wildman–Crippen MR) is 181 cm³/mol. The van der Waals surface area contributed by atoms with E-state index < -0.39 is 36.3 Å². The van der Waals surface area contributed by atoms with Crippen molar-refractivity contribution in [3.05, 3.63) is 124 Å². The summed E-state index contributed by atoms with van der Waals surface area (Å²) in [7, 11) is 3.59. The van der Waals surface area contributed by atoms with Gasteiger partial charge in [0.15, 0.2) is 0 Å². The Morgan fingerprint density at radius 2 is 1.62 bits per heavy atom. The van der Waals surface area contributed by atoms with E-state index >= 15 is 0 Å². The second-order valence-electron chi connectivity index (χ2n) is 12.7. The molecular weight excluding hydrogens is 650 g/mol. The lowest BCUT2D eigenvalue weighted by Crippen LogP contribution is -2.52. The van der Waals surface area contributed by atoms with Crippen molar-refractivity contribution in [3.8, 4) is 17.0 Å². The molecule has 0 saturated heterocycles. The fourth-order valence-electron chi connectivity index (χ4n) is 6.91. The number of rotatable bonds is 5. The number of phenolic OH excluding ortho intramolecular Hbond substituents is 1. The lowest BCUT2D eigenvalue weighted by atomic mass is 9.92. The molecular formula is C38H33F4N5O3. The van der Waals surface area contributed by atoms with Gasteiger partial charge in [-0.25, -0.2) is 9.37 Å². The van der Waals surface area contributed by atoms with E-state index in [2.05, 4.69) is 4.98 Å². The summed E-state index contributed by atoms with van der Waals surface area (Å²) in [5, 5.41) is 9.98. The van der Waals surface area contributed by atoms with Crippen molar-refractivity contribution in [1.82, 2.24) is 14.5 Å². The van der Waals surface area contributed by atoms with Crippen molar-refractivity contribution in [1.29, 1.82) is 0 Å². The maximum absolute atomic E-state index is 14.9. The van der Waals surface area contributed by atoms with E-state index in [0.717, 1.165) is 41.4 Å². The van der Waals surface area contributed by atoms with E-state index in [4.69, 9.17) is 0 Å². The molecule has 0 radical (unpaired) electrons. The molecule has 2 aromatic heterocycles. The molecule has 4 heterocycles. The summed E-state index contributed by atoms with van der Waals surface area (Å²) in [5.74, 6) is -1.22. The molecule has 1 N–H and O–H groups in total. The maximum atomic E-state index is 14.9. The van der Waals surface area contributed by atoms with E-state index in [-0.39, 0.29) is 34.7 Å². The van der Waals surface area contributed by atoms with Gasteiger partial charge in [0.25, 0.3) is 11.8 Å². The van der Waals surface area contributed by atoms with Crippen LogP contribution in [0.25, 0.3) is 11.3 Å². The van der Waals surface area contributed by atoms with Crippen molar-refractivity contribution in [2.75, 3.05) is 23.4 Å². The summed E-state index contributed by atoms with van der Waals surface area (Å²) in [6.07, 6.45) is -2.76. The summed E-state index contributed by atoms with van der Waals surface area (Å²) < 4.78 is 59.8. The van der Waals surface area contributed by atoms with Crippen molar-refractivity contribution >= 4 is 29.0 Å². The number of amides is 2. The van der Waals surface area contributed by atoms with Crippen LogP contribution < -0.4 is 9.80 Å². The van der Waals surface area contributed by atoms with Crippen LogP contribution in [0.5, 0.6) is 5.75 Å². The topological polar surface area (TPSA) is 81.9 Å². The number of aromatic hydroxyl groups is 1. The lowest BCUT2D eigenvalue weighted by molar-refractivity contribution is -0.179. The Balaban J connectivity index is 1.31. The minimum Gasteiger partial charge on any atom is -0.508 e. The number of benzene rings is 3. The largest absolute Gasteiger partial charge is 0.508 e. The minimum absolute atomic E-state index is 0.0151. The Morgan fingerprint density at radius 3 is 2.34 bits per heavy atom. The van der Waals surface area contributed by atoms with Gasteiger partial charge in [0, 0.05) is 61.8 Å². The maximum Gasteiger partial charge on any atom is 0.409 e. The van der Waals surface area contributed by atoms with Crippen molar-refractivity contribution in [2.24, 2.45) is 7.05 Å². The van der Waals surface area contributed by atoms with Gasteiger partial charge in [0.1, 0.15) is 23.4 Å². The number of carbonyl (C=O) groups is 2. The van der Waals surface area contributed by atoms with Gasteiger partial charge < -0.3 is 19.5 Å². The van der Waals surface area contributed by atoms with Crippen LogP contribution >= 0.6 is 0 Å². The molecule has 0 aliphatic carbocycles. The van der Waals surface area contributed by atoms with E-state index in [1.165, 1.54) is 29.2 Å². The first-order chi connectivity index (χ1) is 23.8. The molecule has 0 bridgehead atoms. The Labute approximate surface area is 285 Å². The van der Waals surface area contributed by atoms with E-state index in [1.54, 1.807) is 61.1 Å². The quantitative estimate of drug-likeness (QED) is 0.196. The summed E-state index contributed by atoms with van der Waals surface area (Å²) >= 11 is 0. The molecule has 50 heavy (non-hydrogen) atoms. The number of halogens is 4. The van der Waals surface area contributed by atoms with Gasteiger partial charge >= 0.3 is 6.18 Å². The number of alkyl halides is 3. The number of carbonyl (C=O) groups excluding carboxylic acids is 2. The molecule has 7 rings (SSSR count). The number of fused-ring (bicyclic) bond motifs is 2. The lowest BCUT2D eigenvalue weighted by Gasteiger charge is -2.38. The van der Waals surface area contributed by atoms with E-state index in [0.29, 0.717) is 28.2 Å². The highest BCUT2D eigenvalue weighted by atomic mass is 19.4. The number of pyridine rings is 1. The zero-order chi connectivity index (χ0) is 35.5. The Kier molecular flexibility index (Phi) is 8.12. The van der Waals surface area contributed by atoms with Crippen molar-refractivity contribution in [2.45, 2.75) is 38.5 Å². The minimum atomic E-state index is -4.70. The molecule has 0 saturated carbocycles. The highest BCUT2D eigenvalue weighted by molar-refractivity contribution is 6.12. The number of anilines is 3. The van der Waals surface area contributed by atoms with E-state index in [9.17, 15) is 32.3 Å². The molecule has 0 spiro atoms. The monoisotopic (exact) mass is 683 g/mol. The van der Waals surface area contributed by atoms with Crippen LogP contribution in [0.3, 0.4) is 0 Å². The Bertz CT molecular complexity index is 2140. The zero-order valence-electron chi connectivity index (χ0n) is 27.5. The van der Waals surface area contributed by atoms with Gasteiger partial charge in [-0.05, 0) is 84.6 Å². The average molecular weight is 684 g/mol. The Hall–Kier alpha value is -5.65. The average Bonchev–Trinajstić information content (AvgIpc) is 3.61. The number of phenols is 1. The molecule has 3 aromatic carbocycles. The van der Waals surface area contributed by atoms with Crippen LogP contribution in [-0.4, -0.2) is 57.2 Å². The van der Waals surface area contributed by atoms with Gasteiger partial charge in [0.2, 0.25) is 0 Å². The molecule has 12 heteroatoms. The molecule has 8 nitrogen and oxygen atoms in total. The summed E-state index contributed by atoms with van der Waals surface area (Å²) in [4.78, 5) is 37.6. The number of hydrogen-bond acceptors (Lipinski definition) is 5. The van der Waals surface area contributed by atoms with Gasteiger partial charge in [-0.1, -0.05) is 24.3 Å². The van der Waals surface area contributed by atoms with Gasteiger partial charge in [0.05, 0.1) is 17.4 Å². The molecule has 2 aliphatic rings. The molecule has 5 aromatic rings. The fourth-order valence-corrected chi connectivity index (χ4v) is 6.91. The molecule has 2 aliphatic heterocycles. The molecule has 256 valence electrons. The van der Waals surface area contributed by atoms with Crippen molar-refractivity contribution in [3.63, 3.8) is 0 Å². The SMILES string of the molecule is Cc1c(C(=O)N(c2ccc(O)cc2)c2cnc3c(c2)CCN3C)cc(-c2cc(F)ccc2C(=O)N2Cc3ccccc3C[C@H]2C(F)(F)F)n1C. The number of likely N-dealkylation sites (N-methyl/N-ethyl adjacent to an activating group) is 1. The Morgan fingerprint density at radius 1 is 0.900 bits per heavy atom. The van der Waals surface area contributed by atoms with Crippen LogP contribution in [0.1, 0.15) is 43.1 Å². The van der Waals surface area contributed by atoms with Gasteiger partial charge in [-0.15, -0.1) is 0 Å². The second kappa shape index (κ2) is 12.3. The third kappa shape index (κ3) is 5.74. The molecule has 2 amide bonds. The highest BCUT2D eigenvalue weighted by Gasteiger charge is 2.48. The van der Waals surface area contributed by atoms with Crippen LogP contribution in [-0.2, 0) is 26.4 Å². The first-order valence-corrected chi connectivity index (χ1v) is 16.1. The number of nitrogens with zero attached hydrogens (tertiary/aromatic N) is 5. The predicted octanol–water partition coefficient (Wildman–Crippen LogP) is 7.34. The smallest absolute Gasteiger partial charge is 0.409 e. The normalized spacial score (nSPS) is 15.5. The third-order valence-electron chi connectivity index (χ3n) is 9.72. The van der Waals surface area contributed by atoms with Crippen LogP contribution in [0.2, 0.25) is 0 Å². The fraction of sp³-hybridized carbons (Fsp3) is 0.237. The molecule has 0 unspecified atom stereocenters. The standard InChI is InChI=1S/C38H33F4N5O3/c1-22-31(37(50)47(27-9-11-29(48)12-10-27)28-16-24-14-15-44(2)35(24)43-20-28)19-33(45(22)3)32-18-26(39)8-13-30(32)36(49)46-21-25-7-5-4-6-23(25)17-34(46)38(40,41)42/h4-13,16,18-20,34,48H,14-15,17,21H2,1-3H3/t34-/m0/s1. The van der Waals surface area contributed by atoms with Gasteiger partial charge in [-0.2, -0.15) is 13.2 Å². The number of aromatic nitrogens is 2. The van der Waals surface area contributed by atoms with Crippen molar-refractivity contribution < 1.29 is 32.3 Å². The number of hydrogen-bond donors (Lipinski definition) is 1. The first kappa shape index (κ1) is 32.9. The van der Waals surface area contributed by atoms with Crippen LogP contribution in [0.15, 0.2) is 85.1 Å². The second-order valence-corrected chi connectivity index (χ2v) is 12.7. The highest BCUT2D eigenvalue weighted by Crippen LogP contribution is 2.38.